The molecule has 0 rings (SSSR count). The van der Waals surface area contributed by atoms with Crippen molar-refractivity contribution in [1.29, 1.82) is 0 Å². The maximum atomic E-state index is 10.9. The molecule has 0 amide bonds. The maximum Gasteiger partial charge on any atom is 0.410 e. The van der Waals surface area contributed by atoms with E-state index in [1.807, 2.05) is 0 Å². The van der Waals surface area contributed by atoms with Crippen molar-refractivity contribution in [2.75, 3.05) is 0 Å². The summed E-state index contributed by atoms with van der Waals surface area (Å²) in [5.41, 5.74) is 0. The van der Waals surface area contributed by atoms with E-state index in [0.29, 0.717) is 0 Å². The standard InChI is InChI=1S/2C3H2BrF3/c2*4-2-1-3(5,6)7/h2*1-2H/b2*2-1+. The van der Waals surface area contributed by atoms with Crippen LogP contribution in [-0.2, 0) is 0 Å². The molecule has 0 aliphatic carbocycles. The summed E-state index contributed by atoms with van der Waals surface area (Å²) in [5, 5.41) is 0. The monoisotopic (exact) mass is 348 g/mol. The second-order valence-corrected chi connectivity index (χ2v) is 2.73. The predicted molar refractivity (Wildman–Crippen MR) is 48.2 cm³/mol. The summed E-state index contributed by atoms with van der Waals surface area (Å²) >= 11 is 4.97. The van der Waals surface area contributed by atoms with Gasteiger partial charge in [0.15, 0.2) is 0 Å². The Balaban J connectivity index is 0. The van der Waals surface area contributed by atoms with Gasteiger partial charge in [0.1, 0.15) is 0 Å². The molecule has 0 atom stereocenters. The normalized spacial score (nSPS) is 13.1. The highest BCUT2D eigenvalue weighted by Crippen LogP contribution is 2.16. The molecule has 8 heteroatoms. The summed E-state index contributed by atoms with van der Waals surface area (Å²) in [4.78, 5) is 1.54. The van der Waals surface area contributed by atoms with Crippen LogP contribution >= 0.6 is 31.9 Å². The SMILES string of the molecule is FC(F)(F)/C=C/Br.FC(F)(F)/C=C/Br. The highest BCUT2D eigenvalue weighted by atomic mass is 79.9. The number of hydrogen-bond acceptors (Lipinski definition) is 0. The van der Waals surface area contributed by atoms with Crippen molar-refractivity contribution in [2.24, 2.45) is 0 Å². The van der Waals surface area contributed by atoms with Crippen LogP contribution in [0.3, 0.4) is 0 Å². The number of allylic oxidation sites excluding steroid dienone is 2. The first kappa shape index (κ1) is 16.4. The number of halogens is 8. The molecular formula is C6H4Br2F6. The molecule has 0 heterocycles. The fraction of sp³-hybridized carbons (Fsp3) is 0.333. The molecule has 0 saturated heterocycles. The van der Waals surface area contributed by atoms with Gasteiger partial charge in [0.05, 0.1) is 0 Å². The molecule has 0 fully saturated rings. The molecule has 0 saturated carbocycles. The lowest BCUT2D eigenvalue weighted by Gasteiger charge is -1.92. The van der Waals surface area contributed by atoms with Crippen LogP contribution in [0.4, 0.5) is 26.3 Å². The van der Waals surface area contributed by atoms with Crippen molar-refractivity contribution in [2.45, 2.75) is 12.4 Å². The third-order valence-corrected chi connectivity index (χ3v) is 1.03. The lowest BCUT2D eigenvalue weighted by Crippen LogP contribution is -1.99. The third-order valence-electron chi connectivity index (χ3n) is 0.504. The van der Waals surface area contributed by atoms with E-state index >= 15 is 0 Å². The Bertz CT molecular complexity index is 167. The Morgan fingerprint density at radius 1 is 0.643 bits per heavy atom. The van der Waals surface area contributed by atoms with E-state index in [1.165, 1.54) is 0 Å². The van der Waals surface area contributed by atoms with Gasteiger partial charge in [0, 0.05) is 12.2 Å². The first-order valence-electron chi connectivity index (χ1n) is 2.81. The van der Waals surface area contributed by atoms with Gasteiger partial charge in [-0.3, -0.25) is 0 Å². The zero-order valence-corrected chi connectivity index (χ0v) is 9.51. The van der Waals surface area contributed by atoms with E-state index in [4.69, 9.17) is 0 Å². The predicted octanol–water partition coefficient (Wildman–Crippen LogP) is 4.91. The Labute approximate surface area is 92.9 Å². The van der Waals surface area contributed by atoms with Gasteiger partial charge in [-0.1, -0.05) is 31.9 Å². The molecule has 84 valence electrons. The molecule has 0 spiro atoms. The van der Waals surface area contributed by atoms with Gasteiger partial charge in [-0.05, 0) is 9.97 Å². The molecule has 0 bridgehead atoms. The van der Waals surface area contributed by atoms with E-state index in [1.54, 1.807) is 0 Å². The average Bonchev–Trinajstić information content (AvgIpc) is 1.81. The minimum Gasteiger partial charge on any atom is -0.167 e. The molecule has 0 unspecified atom stereocenters. The van der Waals surface area contributed by atoms with Crippen LogP contribution in [0.5, 0.6) is 0 Å². The number of rotatable bonds is 0. The van der Waals surface area contributed by atoms with Crippen molar-refractivity contribution in [3.8, 4) is 0 Å². The van der Waals surface area contributed by atoms with Crippen LogP contribution in [0.1, 0.15) is 0 Å². The van der Waals surface area contributed by atoms with Crippen molar-refractivity contribution in [1.82, 2.24) is 0 Å². The van der Waals surface area contributed by atoms with Crippen LogP contribution in [0.15, 0.2) is 22.1 Å². The molecule has 0 aliphatic rings. The first-order chi connectivity index (χ1) is 6.12. The van der Waals surface area contributed by atoms with Gasteiger partial charge in [-0.15, -0.1) is 0 Å². The minimum absolute atomic E-state index is 0.104. The summed E-state index contributed by atoms with van der Waals surface area (Å²) in [6.07, 6.45) is -8.15. The largest absolute Gasteiger partial charge is 0.410 e. The quantitative estimate of drug-likeness (QED) is 0.545. The second-order valence-electron chi connectivity index (χ2n) is 1.67. The number of hydrogen-bond donors (Lipinski definition) is 0. The second kappa shape index (κ2) is 7.33. The molecule has 0 nitrogen and oxygen atoms in total. The smallest absolute Gasteiger partial charge is 0.167 e. The van der Waals surface area contributed by atoms with E-state index in [-0.39, 0.29) is 12.2 Å². The highest BCUT2D eigenvalue weighted by Gasteiger charge is 2.21. The first-order valence-corrected chi connectivity index (χ1v) is 4.65. The van der Waals surface area contributed by atoms with Gasteiger partial charge in [-0.25, -0.2) is 0 Å². The van der Waals surface area contributed by atoms with Gasteiger partial charge < -0.3 is 0 Å². The van der Waals surface area contributed by atoms with Crippen molar-refractivity contribution < 1.29 is 26.3 Å². The van der Waals surface area contributed by atoms with Gasteiger partial charge in [0.25, 0.3) is 0 Å². The molecule has 0 radical (unpaired) electrons. The van der Waals surface area contributed by atoms with Crippen LogP contribution in [0.25, 0.3) is 0 Å². The van der Waals surface area contributed by atoms with Crippen LogP contribution in [0.2, 0.25) is 0 Å². The fourth-order valence-corrected chi connectivity index (χ4v) is 0.742. The van der Waals surface area contributed by atoms with E-state index in [2.05, 4.69) is 31.9 Å². The average molecular weight is 350 g/mol. The molecule has 0 aliphatic heterocycles. The minimum atomic E-state index is -4.18. The molecule has 0 N–H and O–H groups in total. The van der Waals surface area contributed by atoms with Crippen molar-refractivity contribution in [3.63, 3.8) is 0 Å². The summed E-state index contributed by atoms with van der Waals surface area (Å²) in [7, 11) is 0. The van der Waals surface area contributed by atoms with Gasteiger partial charge in [0.2, 0.25) is 0 Å². The Morgan fingerprint density at radius 3 is 0.857 bits per heavy atom. The molecule has 0 aromatic rings. The Kier molecular flexibility index (Phi) is 8.61. The van der Waals surface area contributed by atoms with Crippen LogP contribution < -0.4 is 0 Å². The van der Waals surface area contributed by atoms with Crippen LogP contribution in [0, 0.1) is 0 Å². The zero-order chi connectivity index (χ0) is 11.8. The lowest BCUT2D eigenvalue weighted by molar-refractivity contribution is -0.0805. The van der Waals surface area contributed by atoms with E-state index in [9.17, 15) is 26.3 Å². The molecular weight excluding hydrogens is 346 g/mol. The fourth-order valence-electron chi connectivity index (χ4n) is 0.143. The number of alkyl halides is 6. The third kappa shape index (κ3) is 22.7. The lowest BCUT2D eigenvalue weighted by atomic mass is 10.6. The van der Waals surface area contributed by atoms with E-state index in [0.717, 1.165) is 9.97 Å². The van der Waals surface area contributed by atoms with Gasteiger partial charge in [-0.2, -0.15) is 26.3 Å². The molecule has 0 aromatic heterocycles. The van der Waals surface area contributed by atoms with Crippen LogP contribution in [-0.4, -0.2) is 12.4 Å². The van der Waals surface area contributed by atoms with Gasteiger partial charge >= 0.3 is 12.4 Å². The maximum absolute atomic E-state index is 10.9. The summed E-state index contributed by atoms with van der Waals surface area (Å²) < 4.78 is 65.6. The molecule has 14 heavy (non-hydrogen) atoms. The van der Waals surface area contributed by atoms with E-state index < -0.39 is 12.4 Å². The summed E-state index contributed by atoms with van der Waals surface area (Å²) in [6.45, 7) is 0. The topological polar surface area (TPSA) is 0 Å². The summed E-state index contributed by atoms with van der Waals surface area (Å²) in [6, 6.07) is 0. The Morgan fingerprint density at radius 2 is 0.857 bits per heavy atom. The highest BCUT2D eigenvalue weighted by molar-refractivity contribution is 9.11. The zero-order valence-electron chi connectivity index (χ0n) is 6.33. The summed E-state index contributed by atoms with van der Waals surface area (Å²) in [5.74, 6) is 0. The molecule has 0 aromatic carbocycles. The van der Waals surface area contributed by atoms with Crippen molar-refractivity contribution >= 4 is 31.9 Å². The Hall–Kier alpha value is 0.0200. The van der Waals surface area contributed by atoms with Crippen molar-refractivity contribution in [3.05, 3.63) is 22.1 Å².